The van der Waals surface area contributed by atoms with E-state index in [2.05, 4.69) is 21.0 Å². The lowest BCUT2D eigenvalue weighted by Gasteiger charge is -2.02. The predicted octanol–water partition coefficient (Wildman–Crippen LogP) is 1.93. The minimum Gasteiger partial charge on any atom is -0.356 e. The molecule has 2 atom stereocenters. The SMILES string of the molecule is CC(=O)NCC1CC1c1cccc2nnsc12. The second-order valence-corrected chi connectivity index (χ2v) is 5.26. The molecule has 1 saturated carbocycles. The van der Waals surface area contributed by atoms with E-state index in [-0.39, 0.29) is 5.91 Å². The Bertz CT molecular complexity index is 566. The van der Waals surface area contributed by atoms with E-state index in [4.69, 9.17) is 0 Å². The molecule has 1 amide bonds. The van der Waals surface area contributed by atoms with Gasteiger partial charge in [0.25, 0.3) is 0 Å². The molecular weight excluding hydrogens is 234 g/mol. The Morgan fingerprint density at radius 1 is 1.59 bits per heavy atom. The van der Waals surface area contributed by atoms with Gasteiger partial charge in [-0.25, -0.2) is 0 Å². The van der Waals surface area contributed by atoms with Gasteiger partial charge < -0.3 is 5.32 Å². The Kier molecular flexibility index (Phi) is 2.55. The number of hydrogen-bond donors (Lipinski definition) is 1. The van der Waals surface area contributed by atoms with E-state index in [1.807, 2.05) is 12.1 Å². The summed E-state index contributed by atoms with van der Waals surface area (Å²) < 4.78 is 5.19. The summed E-state index contributed by atoms with van der Waals surface area (Å²) in [6, 6.07) is 6.18. The fourth-order valence-corrected chi connectivity index (χ4v) is 2.98. The number of hydrogen-bond acceptors (Lipinski definition) is 4. The maximum atomic E-state index is 10.9. The van der Waals surface area contributed by atoms with Crippen LogP contribution in [0.4, 0.5) is 0 Å². The van der Waals surface area contributed by atoms with Gasteiger partial charge >= 0.3 is 0 Å². The summed E-state index contributed by atoms with van der Waals surface area (Å²) in [5.74, 6) is 1.19. The van der Waals surface area contributed by atoms with Crippen molar-refractivity contribution < 1.29 is 4.79 Å². The average Bonchev–Trinajstić information content (AvgIpc) is 2.92. The molecule has 1 aromatic carbocycles. The van der Waals surface area contributed by atoms with Gasteiger partial charge in [0, 0.05) is 13.5 Å². The van der Waals surface area contributed by atoms with Crippen molar-refractivity contribution in [1.82, 2.24) is 14.9 Å². The molecule has 0 bridgehead atoms. The number of benzene rings is 1. The Morgan fingerprint density at radius 2 is 2.47 bits per heavy atom. The highest BCUT2D eigenvalue weighted by molar-refractivity contribution is 7.13. The van der Waals surface area contributed by atoms with Gasteiger partial charge in [-0.2, -0.15) is 0 Å². The lowest BCUT2D eigenvalue weighted by Crippen LogP contribution is -2.22. The highest BCUT2D eigenvalue weighted by Gasteiger charge is 2.39. The van der Waals surface area contributed by atoms with Gasteiger partial charge in [0.05, 0.1) is 4.70 Å². The first-order valence-electron chi connectivity index (χ1n) is 5.71. The summed E-state index contributed by atoms with van der Waals surface area (Å²) in [6.07, 6.45) is 1.15. The molecule has 17 heavy (non-hydrogen) atoms. The molecule has 0 saturated heterocycles. The largest absolute Gasteiger partial charge is 0.356 e. The number of aromatic nitrogens is 2. The molecule has 0 spiro atoms. The highest BCUT2D eigenvalue weighted by atomic mass is 32.1. The van der Waals surface area contributed by atoms with Crippen LogP contribution in [0.3, 0.4) is 0 Å². The van der Waals surface area contributed by atoms with Crippen LogP contribution in [-0.4, -0.2) is 22.0 Å². The third kappa shape index (κ3) is 2.02. The number of amides is 1. The predicted molar refractivity (Wildman–Crippen MR) is 66.9 cm³/mol. The number of carbonyl (C=O) groups excluding carboxylic acids is 1. The Labute approximate surface area is 103 Å². The van der Waals surface area contributed by atoms with Gasteiger partial charge in [-0.15, -0.1) is 5.10 Å². The van der Waals surface area contributed by atoms with Crippen LogP contribution in [0.15, 0.2) is 18.2 Å². The van der Waals surface area contributed by atoms with Crippen molar-refractivity contribution in [3.63, 3.8) is 0 Å². The molecule has 1 N–H and O–H groups in total. The van der Waals surface area contributed by atoms with Crippen LogP contribution in [0.2, 0.25) is 0 Å². The quantitative estimate of drug-likeness (QED) is 0.901. The number of nitrogens with zero attached hydrogens (tertiary/aromatic N) is 2. The molecule has 2 unspecified atom stereocenters. The van der Waals surface area contributed by atoms with Gasteiger partial charge in [0.2, 0.25) is 5.91 Å². The monoisotopic (exact) mass is 247 g/mol. The molecular formula is C12H13N3OS. The zero-order valence-corrected chi connectivity index (χ0v) is 10.3. The van der Waals surface area contributed by atoms with E-state index in [9.17, 15) is 4.79 Å². The molecule has 4 nitrogen and oxygen atoms in total. The zero-order valence-electron chi connectivity index (χ0n) is 9.51. The molecule has 3 rings (SSSR count). The topological polar surface area (TPSA) is 54.9 Å². The third-order valence-corrected chi connectivity index (χ3v) is 4.03. The lowest BCUT2D eigenvalue weighted by atomic mass is 10.1. The van der Waals surface area contributed by atoms with Crippen molar-refractivity contribution in [1.29, 1.82) is 0 Å². The van der Waals surface area contributed by atoms with Crippen molar-refractivity contribution in [2.45, 2.75) is 19.3 Å². The second kappa shape index (κ2) is 4.07. The van der Waals surface area contributed by atoms with E-state index >= 15 is 0 Å². The van der Waals surface area contributed by atoms with E-state index in [0.29, 0.717) is 11.8 Å². The van der Waals surface area contributed by atoms with Gasteiger partial charge in [0.1, 0.15) is 5.52 Å². The summed E-state index contributed by atoms with van der Waals surface area (Å²) in [5, 5.41) is 6.97. The summed E-state index contributed by atoms with van der Waals surface area (Å²) in [4.78, 5) is 10.9. The smallest absolute Gasteiger partial charge is 0.216 e. The first-order valence-corrected chi connectivity index (χ1v) is 6.48. The van der Waals surface area contributed by atoms with Gasteiger partial charge in [-0.05, 0) is 41.4 Å². The van der Waals surface area contributed by atoms with E-state index in [1.54, 1.807) is 6.92 Å². The zero-order chi connectivity index (χ0) is 11.8. The minimum absolute atomic E-state index is 0.0494. The van der Waals surface area contributed by atoms with Crippen molar-refractivity contribution in [2.75, 3.05) is 6.54 Å². The first-order chi connectivity index (χ1) is 8.25. The molecule has 1 aliphatic carbocycles. The van der Waals surface area contributed by atoms with Gasteiger partial charge in [-0.1, -0.05) is 16.6 Å². The first kappa shape index (κ1) is 10.7. The van der Waals surface area contributed by atoms with Crippen LogP contribution < -0.4 is 5.32 Å². The number of carbonyl (C=O) groups is 1. The van der Waals surface area contributed by atoms with Crippen LogP contribution in [-0.2, 0) is 4.79 Å². The summed E-state index contributed by atoms with van der Waals surface area (Å²) in [6.45, 7) is 2.34. The summed E-state index contributed by atoms with van der Waals surface area (Å²) in [7, 11) is 0. The lowest BCUT2D eigenvalue weighted by molar-refractivity contribution is -0.119. The van der Waals surface area contributed by atoms with Crippen molar-refractivity contribution in [3.05, 3.63) is 23.8 Å². The fourth-order valence-electron chi connectivity index (χ4n) is 2.25. The molecule has 5 heteroatoms. The van der Waals surface area contributed by atoms with Crippen LogP contribution in [0.5, 0.6) is 0 Å². The summed E-state index contributed by atoms with van der Waals surface area (Å²) >= 11 is 1.46. The molecule has 0 radical (unpaired) electrons. The Morgan fingerprint density at radius 3 is 3.29 bits per heavy atom. The third-order valence-electron chi connectivity index (χ3n) is 3.24. The molecule has 0 aliphatic heterocycles. The van der Waals surface area contributed by atoms with Crippen molar-refractivity contribution in [3.8, 4) is 0 Å². The van der Waals surface area contributed by atoms with E-state index < -0.39 is 0 Å². The van der Waals surface area contributed by atoms with Crippen LogP contribution in [0.25, 0.3) is 10.2 Å². The van der Waals surface area contributed by atoms with Crippen molar-refractivity contribution >= 4 is 27.7 Å². The van der Waals surface area contributed by atoms with Crippen LogP contribution in [0.1, 0.15) is 24.8 Å². The Balaban J connectivity index is 1.78. The summed E-state index contributed by atoms with van der Waals surface area (Å²) in [5.41, 5.74) is 2.32. The van der Waals surface area contributed by atoms with Gasteiger partial charge in [-0.3, -0.25) is 4.79 Å². The highest BCUT2D eigenvalue weighted by Crippen LogP contribution is 2.49. The fraction of sp³-hybridized carbons (Fsp3) is 0.417. The number of fused-ring (bicyclic) bond motifs is 1. The molecule has 1 aliphatic rings. The average molecular weight is 247 g/mol. The van der Waals surface area contributed by atoms with Gasteiger partial charge in [0.15, 0.2) is 0 Å². The van der Waals surface area contributed by atoms with E-state index in [1.165, 1.54) is 21.8 Å². The van der Waals surface area contributed by atoms with Crippen LogP contribution >= 0.6 is 11.5 Å². The molecule has 1 aromatic heterocycles. The van der Waals surface area contributed by atoms with Crippen LogP contribution in [0, 0.1) is 5.92 Å². The minimum atomic E-state index is 0.0494. The molecule has 88 valence electrons. The molecule has 2 aromatic rings. The van der Waals surface area contributed by atoms with E-state index in [0.717, 1.165) is 18.5 Å². The number of nitrogens with one attached hydrogen (secondary N) is 1. The maximum absolute atomic E-state index is 10.9. The molecule has 1 heterocycles. The maximum Gasteiger partial charge on any atom is 0.216 e. The van der Waals surface area contributed by atoms with Crippen molar-refractivity contribution in [2.24, 2.45) is 5.92 Å². The number of rotatable bonds is 3. The second-order valence-electron chi connectivity index (χ2n) is 4.51. The Hall–Kier alpha value is -1.49. The molecule has 1 fully saturated rings. The standard InChI is InChI=1S/C12H13N3OS/c1-7(16)13-6-8-5-10(8)9-3-2-4-11-12(9)17-15-14-11/h2-4,8,10H,5-6H2,1H3,(H,13,16). The normalized spacial score (nSPS) is 22.6.